The molecule has 1 aromatic carbocycles. The highest BCUT2D eigenvalue weighted by Gasteiger charge is 2.02. The summed E-state index contributed by atoms with van der Waals surface area (Å²) in [6.45, 7) is 2.20. The van der Waals surface area contributed by atoms with Crippen LogP contribution in [-0.2, 0) is 5.75 Å². The number of aliphatic hydroxyl groups excluding tert-OH is 1. The van der Waals surface area contributed by atoms with Gasteiger partial charge in [0.05, 0.1) is 6.61 Å². The van der Waals surface area contributed by atoms with E-state index in [-0.39, 0.29) is 12.4 Å². The molecule has 98 valence electrons. The van der Waals surface area contributed by atoms with Gasteiger partial charge in [0.15, 0.2) is 0 Å². The molecule has 0 aliphatic rings. The molecule has 1 aromatic rings. The molecule has 0 saturated heterocycles. The molecule has 0 spiro atoms. The monoisotopic (exact) mass is 266 g/mol. The Morgan fingerprint density at radius 1 is 1.39 bits per heavy atom. The van der Waals surface area contributed by atoms with Crippen molar-refractivity contribution < 1.29 is 9.50 Å². The Bertz CT molecular complexity index is 420. The normalized spacial score (nSPS) is 9.94. The summed E-state index contributed by atoms with van der Waals surface area (Å²) in [4.78, 5) is 0. The lowest BCUT2D eigenvalue weighted by atomic mass is 10.1. The number of aliphatic hydroxyl groups is 1. The Balaban J connectivity index is 2.54. The lowest BCUT2D eigenvalue weighted by Crippen LogP contribution is -1.90. The first-order valence-electron chi connectivity index (χ1n) is 6.23. The summed E-state index contributed by atoms with van der Waals surface area (Å²) in [6, 6.07) is 5.11. The molecule has 0 aromatic heterocycles. The van der Waals surface area contributed by atoms with E-state index in [9.17, 15) is 4.39 Å². The van der Waals surface area contributed by atoms with Crippen LogP contribution in [0.15, 0.2) is 18.2 Å². The van der Waals surface area contributed by atoms with Gasteiger partial charge in [-0.05, 0) is 29.9 Å². The molecule has 0 aliphatic carbocycles. The van der Waals surface area contributed by atoms with Gasteiger partial charge < -0.3 is 5.11 Å². The number of rotatable bonds is 6. The van der Waals surface area contributed by atoms with Crippen molar-refractivity contribution in [2.75, 3.05) is 12.4 Å². The van der Waals surface area contributed by atoms with Crippen LogP contribution in [0.2, 0.25) is 0 Å². The largest absolute Gasteiger partial charge is 0.395 e. The average molecular weight is 266 g/mol. The van der Waals surface area contributed by atoms with Gasteiger partial charge in [-0.1, -0.05) is 31.3 Å². The van der Waals surface area contributed by atoms with Gasteiger partial charge in [0.1, 0.15) is 5.82 Å². The summed E-state index contributed by atoms with van der Waals surface area (Å²) in [5.74, 6) is 7.23. The van der Waals surface area contributed by atoms with E-state index >= 15 is 0 Å². The van der Waals surface area contributed by atoms with Crippen LogP contribution >= 0.6 is 11.8 Å². The fraction of sp³-hybridized carbons (Fsp3) is 0.467. The van der Waals surface area contributed by atoms with E-state index in [0.29, 0.717) is 12.0 Å². The topological polar surface area (TPSA) is 20.2 Å². The molecule has 0 fully saturated rings. The first kappa shape index (κ1) is 15.1. The number of unbranched alkanes of at least 4 members (excludes halogenated alkanes) is 1. The van der Waals surface area contributed by atoms with Crippen LogP contribution in [0.3, 0.4) is 0 Å². The van der Waals surface area contributed by atoms with Gasteiger partial charge in [-0.2, -0.15) is 11.8 Å². The molecular formula is C15H19FOS. The highest BCUT2D eigenvalue weighted by molar-refractivity contribution is 7.98. The molecule has 3 heteroatoms. The maximum absolute atomic E-state index is 13.7. The van der Waals surface area contributed by atoms with E-state index in [1.165, 1.54) is 18.9 Å². The molecule has 0 radical (unpaired) electrons. The Morgan fingerprint density at radius 2 is 2.22 bits per heavy atom. The van der Waals surface area contributed by atoms with Crippen molar-refractivity contribution in [1.82, 2.24) is 0 Å². The molecule has 0 aliphatic heterocycles. The summed E-state index contributed by atoms with van der Waals surface area (Å²) in [6.07, 6.45) is 2.78. The highest BCUT2D eigenvalue weighted by atomic mass is 32.2. The predicted octanol–water partition coefficient (Wildman–Crippen LogP) is 3.59. The number of hydrogen-bond donors (Lipinski definition) is 1. The Hall–Kier alpha value is -0.980. The molecule has 0 bridgehead atoms. The van der Waals surface area contributed by atoms with E-state index in [2.05, 4.69) is 18.8 Å². The molecule has 0 atom stereocenters. The van der Waals surface area contributed by atoms with Crippen LogP contribution in [0, 0.1) is 17.7 Å². The summed E-state index contributed by atoms with van der Waals surface area (Å²) in [5.41, 5.74) is 1.41. The van der Waals surface area contributed by atoms with Gasteiger partial charge in [-0.25, -0.2) is 4.39 Å². The summed E-state index contributed by atoms with van der Waals surface area (Å²) in [7, 11) is 0. The molecule has 1 nitrogen and oxygen atoms in total. The van der Waals surface area contributed by atoms with Gasteiger partial charge in [0, 0.05) is 17.7 Å². The fourth-order valence-electron chi connectivity index (χ4n) is 1.39. The first-order valence-corrected chi connectivity index (χ1v) is 7.39. The van der Waals surface area contributed by atoms with Crippen molar-refractivity contribution in [3.05, 3.63) is 35.1 Å². The lowest BCUT2D eigenvalue weighted by Gasteiger charge is -2.03. The maximum Gasteiger partial charge on any atom is 0.128 e. The second-order valence-corrected chi connectivity index (χ2v) is 5.09. The van der Waals surface area contributed by atoms with E-state index in [4.69, 9.17) is 5.11 Å². The number of thioether (sulfide) groups is 1. The number of halogens is 1. The Labute approximate surface area is 113 Å². The first-order chi connectivity index (χ1) is 8.77. The van der Waals surface area contributed by atoms with Gasteiger partial charge in [-0.3, -0.25) is 0 Å². The minimum absolute atomic E-state index is 0.0433. The zero-order chi connectivity index (χ0) is 13.2. The second-order valence-electron chi connectivity index (χ2n) is 3.99. The van der Waals surface area contributed by atoms with Crippen molar-refractivity contribution in [2.45, 2.75) is 31.9 Å². The van der Waals surface area contributed by atoms with Gasteiger partial charge >= 0.3 is 0 Å². The third kappa shape index (κ3) is 5.57. The minimum atomic E-state index is -0.185. The summed E-state index contributed by atoms with van der Waals surface area (Å²) >= 11 is 1.76. The van der Waals surface area contributed by atoms with Crippen molar-refractivity contribution in [1.29, 1.82) is 0 Å². The van der Waals surface area contributed by atoms with E-state index < -0.39 is 0 Å². The summed E-state index contributed by atoms with van der Waals surface area (Å²) < 4.78 is 13.7. The zero-order valence-corrected chi connectivity index (χ0v) is 11.5. The number of hydrogen-bond acceptors (Lipinski definition) is 2. The average Bonchev–Trinajstić information content (AvgIpc) is 2.37. The standard InChI is InChI=1S/C15H19FOS/c1-2-3-10-18-12-14-8-7-13(11-15(14)16)6-4-5-9-17/h7-8,11,17H,2-3,5,9-10,12H2,1H3. The molecule has 0 unspecified atom stereocenters. The second kappa shape index (κ2) is 9.02. The highest BCUT2D eigenvalue weighted by Crippen LogP contribution is 2.17. The van der Waals surface area contributed by atoms with Crippen molar-refractivity contribution in [3.63, 3.8) is 0 Å². The third-order valence-corrected chi connectivity index (χ3v) is 3.51. The van der Waals surface area contributed by atoms with Gasteiger partial charge in [0.2, 0.25) is 0 Å². The summed E-state index contributed by atoms with van der Waals surface area (Å²) in [5, 5.41) is 8.60. The smallest absolute Gasteiger partial charge is 0.128 e. The molecule has 0 saturated carbocycles. The SMILES string of the molecule is CCCCSCc1ccc(C#CCCO)cc1F. The Kier molecular flexibility index (Phi) is 7.55. The van der Waals surface area contributed by atoms with Crippen molar-refractivity contribution in [3.8, 4) is 11.8 Å². The van der Waals surface area contributed by atoms with Crippen LogP contribution in [0.25, 0.3) is 0 Å². The van der Waals surface area contributed by atoms with Crippen molar-refractivity contribution >= 4 is 11.8 Å². The van der Waals surface area contributed by atoms with Crippen LogP contribution in [0.5, 0.6) is 0 Å². The molecule has 1 rings (SSSR count). The van der Waals surface area contributed by atoms with E-state index in [1.54, 1.807) is 17.8 Å². The zero-order valence-electron chi connectivity index (χ0n) is 10.7. The quantitative estimate of drug-likeness (QED) is 0.627. The van der Waals surface area contributed by atoms with Crippen molar-refractivity contribution in [2.24, 2.45) is 0 Å². The minimum Gasteiger partial charge on any atom is -0.395 e. The molecule has 0 heterocycles. The van der Waals surface area contributed by atoms with E-state index in [1.807, 2.05) is 6.07 Å². The van der Waals surface area contributed by atoms with Gasteiger partial charge in [-0.15, -0.1) is 0 Å². The molecule has 18 heavy (non-hydrogen) atoms. The number of benzene rings is 1. The predicted molar refractivity (Wildman–Crippen MR) is 76.1 cm³/mol. The van der Waals surface area contributed by atoms with Crippen LogP contribution in [-0.4, -0.2) is 17.5 Å². The maximum atomic E-state index is 13.7. The van der Waals surface area contributed by atoms with Crippen LogP contribution in [0.1, 0.15) is 37.3 Å². The Morgan fingerprint density at radius 3 is 2.89 bits per heavy atom. The molecular weight excluding hydrogens is 247 g/mol. The van der Waals surface area contributed by atoms with Crippen LogP contribution in [0.4, 0.5) is 4.39 Å². The molecule has 1 N–H and O–H groups in total. The van der Waals surface area contributed by atoms with Crippen LogP contribution < -0.4 is 0 Å². The third-order valence-electron chi connectivity index (χ3n) is 2.42. The van der Waals surface area contributed by atoms with E-state index in [0.717, 1.165) is 17.1 Å². The fourth-order valence-corrected chi connectivity index (χ4v) is 2.48. The molecule has 0 amide bonds. The lowest BCUT2D eigenvalue weighted by molar-refractivity contribution is 0.305. The van der Waals surface area contributed by atoms with Gasteiger partial charge in [0.25, 0.3) is 0 Å².